The van der Waals surface area contributed by atoms with E-state index in [0.717, 1.165) is 49.7 Å². The van der Waals surface area contributed by atoms with Crippen molar-refractivity contribution in [2.24, 2.45) is 0 Å². The van der Waals surface area contributed by atoms with E-state index in [9.17, 15) is 10.5 Å². The molecular formula is C40H21N5. The molecular weight excluding hydrogens is 550 g/mol. The molecule has 0 radical (unpaired) electrons. The molecule has 0 fully saturated rings. The van der Waals surface area contributed by atoms with Crippen LogP contribution in [0.25, 0.3) is 70.6 Å². The summed E-state index contributed by atoms with van der Waals surface area (Å²) in [6, 6.07) is 45.2. The van der Waals surface area contributed by atoms with Crippen LogP contribution in [-0.2, 0) is 0 Å². The highest BCUT2D eigenvalue weighted by Crippen LogP contribution is 2.49. The van der Waals surface area contributed by atoms with E-state index in [-0.39, 0.29) is 0 Å². The Kier molecular flexibility index (Phi) is 6.62. The van der Waals surface area contributed by atoms with Crippen molar-refractivity contribution in [1.82, 2.24) is 4.57 Å². The van der Waals surface area contributed by atoms with Crippen molar-refractivity contribution in [3.05, 3.63) is 161 Å². The van der Waals surface area contributed by atoms with Gasteiger partial charge >= 0.3 is 0 Å². The van der Waals surface area contributed by atoms with Crippen molar-refractivity contribution in [3.8, 4) is 51.2 Å². The van der Waals surface area contributed by atoms with Crippen molar-refractivity contribution in [1.29, 1.82) is 10.5 Å². The number of nitrogens with zero attached hydrogens (tertiary/aromatic N) is 5. The quantitative estimate of drug-likeness (QED) is 0.197. The molecule has 0 amide bonds. The number of fused-ring (bicyclic) bond motifs is 3. The van der Waals surface area contributed by atoms with Crippen LogP contribution < -0.4 is 0 Å². The van der Waals surface area contributed by atoms with Crippen LogP contribution in [0.15, 0.2) is 127 Å². The highest BCUT2D eigenvalue weighted by molar-refractivity contribution is 6.23. The smallest absolute Gasteiger partial charge is 0.196 e. The zero-order valence-corrected chi connectivity index (χ0v) is 23.9. The summed E-state index contributed by atoms with van der Waals surface area (Å²) < 4.78 is 2.18. The largest absolute Gasteiger partial charge is 0.309 e. The first-order chi connectivity index (χ1) is 22.2. The number of rotatable bonds is 4. The van der Waals surface area contributed by atoms with Crippen molar-refractivity contribution < 1.29 is 0 Å². The third-order valence-corrected chi connectivity index (χ3v) is 8.12. The van der Waals surface area contributed by atoms with E-state index in [2.05, 4.69) is 38.5 Å². The fourth-order valence-electron chi connectivity index (χ4n) is 6.26. The molecule has 0 unspecified atom stereocenters. The molecule has 0 bridgehead atoms. The number of benzene rings is 6. The summed E-state index contributed by atoms with van der Waals surface area (Å²) >= 11 is 0. The van der Waals surface area contributed by atoms with Crippen LogP contribution in [-0.4, -0.2) is 4.57 Å². The van der Waals surface area contributed by atoms with Gasteiger partial charge in [-0.2, -0.15) is 10.5 Å². The topological polar surface area (TPSA) is 61.2 Å². The minimum absolute atomic E-state index is 0.373. The molecule has 7 rings (SSSR count). The maximum atomic E-state index is 10.3. The van der Waals surface area contributed by atoms with Gasteiger partial charge in [-0.3, -0.25) is 0 Å². The number of hydrogen-bond donors (Lipinski definition) is 0. The molecule has 0 saturated heterocycles. The summed E-state index contributed by atoms with van der Waals surface area (Å²) in [6.45, 7) is 16.0. The number of para-hydroxylation sites is 1. The highest BCUT2D eigenvalue weighted by Gasteiger charge is 2.25. The molecule has 206 valence electrons. The molecule has 0 aliphatic heterocycles. The minimum atomic E-state index is 0.373. The van der Waals surface area contributed by atoms with Crippen molar-refractivity contribution in [2.75, 3.05) is 0 Å². The molecule has 0 aliphatic carbocycles. The predicted octanol–water partition coefficient (Wildman–Crippen LogP) is 10.6. The Morgan fingerprint density at radius 1 is 0.511 bits per heavy atom. The summed E-state index contributed by atoms with van der Waals surface area (Å²) in [6.07, 6.45) is 0. The molecule has 6 aromatic carbocycles. The Morgan fingerprint density at radius 2 is 1.07 bits per heavy atom. The van der Waals surface area contributed by atoms with Crippen LogP contribution in [0.3, 0.4) is 0 Å². The Labute approximate surface area is 260 Å². The van der Waals surface area contributed by atoms with E-state index < -0.39 is 0 Å². The van der Waals surface area contributed by atoms with Gasteiger partial charge in [-0.25, -0.2) is 9.69 Å². The summed E-state index contributed by atoms with van der Waals surface area (Å²) in [5.41, 5.74) is 8.75. The monoisotopic (exact) mass is 571 g/mol. The van der Waals surface area contributed by atoms with Crippen LogP contribution in [0.1, 0.15) is 11.1 Å². The van der Waals surface area contributed by atoms with Gasteiger partial charge in [-0.1, -0.05) is 84.9 Å². The lowest BCUT2D eigenvalue weighted by molar-refractivity contribution is 1.18. The molecule has 1 heterocycles. The van der Waals surface area contributed by atoms with Gasteiger partial charge in [0.05, 0.1) is 36.3 Å². The molecule has 0 atom stereocenters. The standard InChI is InChI=1S/C40H21N5/c1-43-33-19-9-14-27(24-41)37(33)31-18-11-21-35-39(31)40-32(38-28(25-42)15-10-20-34(38)44-2)22-29(26-12-5-3-6-13-26)23-36(40)45(35)30-16-7-4-8-17-30/h3-23H. The predicted molar refractivity (Wildman–Crippen MR) is 179 cm³/mol. The minimum Gasteiger partial charge on any atom is -0.309 e. The Hall–Kier alpha value is -6.92. The lowest BCUT2D eigenvalue weighted by atomic mass is 9.88. The first-order valence-corrected chi connectivity index (χ1v) is 14.2. The van der Waals surface area contributed by atoms with Crippen molar-refractivity contribution in [3.63, 3.8) is 0 Å². The van der Waals surface area contributed by atoms with E-state index in [1.165, 1.54) is 0 Å². The average Bonchev–Trinajstić information content (AvgIpc) is 3.45. The first-order valence-electron chi connectivity index (χ1n) is 14.2. The Morgan fingerprint density at radius 3 is 1.67 bits per heavy atom. The van der Waals surface area contributed by atoms with Gasteiger partial charge < -0.3 is 4.57 Å². The maximum absolute atomic E-state index is 10.3. The maximum Gasteiger partial charge on any atom is 0.196 e. The zero-order valence-electron chi connectivity index (χ0n) is 23.9. The molecule has 0 spiro atoms. The third-order valence-electron chi connectivity index (χ3n) is 8.12. The normalized spacial score (nSPS) is 10.6. The van der Waals surface area contributed by atoms with E-state index in [1.54, 1.807) is 36.4 Å². The second kappa shape index (κ2) is 11.1. The third kappa shape index (κ3) is 4.29. The zero-order chi connectivity index (χ0) is 30.9. The van der Waals surface area contributed by atoms with E-state index in [0.29, 0.717) is 33.6 Å². The lowest BCUT2D eigenvalue weighted by Gasteiger charge is -2.14. The molecule has 7 aromatic rings. The van der Waals surface area contributed by atoms with Crippen molar-refractivity contribution in [2.45, 2.75) is 0 Å². The van der Waals surface area contributed by atoms with Gasteiger partial charge in [0.2, 0.25) is 0 Å². The SMILES string of the molecule is [C-]#[N+]c1cccc(C#N)c1-c1cccc2c1c1c(-c3c(C#N)cccc3[N+]#[C-])cc(-c3ccccc3)cc1n2-c1ccccc1. The summed E-state index contributed by atoms with van der Waals surface area (Å²) in [5, 5.41) is 22.1. The first kappa shape index (κ1) is 26.9. The van der Waals surface area contributed by atoms with Gasteiger partial charge in [0.25, 0.3) is 0 Å². The van der Waals surface area contributed by atoms with Gasteiger partial charge in [-0.05, 0) is 64.7 Å². The number of aromatic nitrogens is 1. The summed E-state index contributed by atoms with van der Waals surface area (Å²) in [7, 11) is 0. The Balaban J connectivity index is 1.79. The molecule has 5 nitrogen and oxygen atoms in total. The Bertz CT molecular complexity index is 2400. The second-order valence-electron chi connectivity index (χ2n) is 10.5. The molecule has 1 aromatic heterocycles. The van der Waals surface area contributed by atoms with Gasteiger partial charge in [0.1, 0.15) is 0 Å². The second-order valence-corrected chi connectivity index (χ2v) is 10.5. The van der Waals surface area contributed by atoms with Crippen LogP contribution in [0, 0.1) is 35.8 Å². The van der Waals surface area contributed by atoms with Crippen LogP contribution in [0.4, 0.5) is 11.4 Å². The highest BCUT2D eigenvalue weighted by atomic mass is 15.0. The van der Waals surface area contributed by atoms with Gasteiger partial charge in [0, 0.05) is 38.7 Å². The average molecular weight is 572 g/mol. The van der Waals surface area contributed by atoms with Crippen LogP contribution in [0.5, 0.6) is 0 Å². The van der Waals surface area contributed by atoms with Crippen LogP contribution >= 0.6 is 0 Å². The van der Waals surface area contributed by atoms with Crippen molar-refractivity contribution >= 4 is 33.2 Å². The van der Waals surface area contributed by atoms with Gasteiger partial charge in [-0.15, -0.1) is 0 Å². The van der Waals surface area contributed by atoms with E-state index in [4.69, 9.17) is 13.1 Å². The fraction of sp³-hybridized carbons (Fsp3) is 0. The molecule has 0 aliphatic rings. The lowest BCUT2D eigenvalue weighted by Crippen LogP contribution is -1.94. The van der Waals surface area contributed by atoms with Gasteiger partial charge in [0.15, 0.2) is 11.4 Å². The molecule has 0 N–H and O–H groups in total. The molecule has 5 heteroatoms. The molecule has 45 heavy (non-hydrogen) atoms. The van der Waals surface area contributed by atoms with E-state index >= 15 is 0 Å². The molecule has 0 saturated carbocycles. The summed E-state index contributed by atoms with van der Waals surface area (Å²) in [4.78, 5) is 7.66. The number of nitriles is 2. The van der Waals surface area contributed by atoms with Crippen LogP contribution in [0.2, 0.25) is 0 Å². The van der Waals surface area contributed by atoms with E-state index in [1.807, 2.05) is 78.9 Å². The fourth-order valence-corrected chi connectivity index (χ4v) is 6.26. The number of hydrogen-bond acceptors (Lipinski definition) is 2. The summed E-state index contributed by atoms with van der Waals surface area (Å²) in [5.74, 6) is 0.